The van der Waals surface area contributed by atoms with Gasteiger partial charge in [0.2, 0.25) is 0 Å². The molecule has 2 rings (SSSR count). The van der Waals surface area contributed by atoms with Gasteiger partial charge in [-0.05, 0) is 13.0 Å². The summed E-state index contributed by atoms with van der Waals surface area (Å²) in [4.78, 5) is 13.5. The van der Waals surface area contributed by atoms with E-state index in [1.54, 1.807) is 38.2 Å². The number of benzene rings is 1. The minimum atomic E-state index is -1.62. The molecular weight excluding hydrogens is 220 g/mol. The van der Waals surface area contributed by atoms with E-state index in [1.165, 1.54) is 4.90 Å². The highest BCUT2D eigenvalue weighted by Gasteiger charge is 2.48. The number of fused-ring (bicyclic) bond motifs is 1. The van der Waals surface area contributed by atoms with Gasteiger partial charge in [-0.15, -0.1) is 0 Å². The van der Waals surface area contributed by atoms with E-state index in [-0.39, 0.29) is 6.42 Å². The van der Waals surface area contributed by atoms with Gasteiger partial charge in [0.15, 0.2) is 5.60 Å². The first-order valence-corrected chi connectivity index (χ1v) is 5.28. The number of likely N-dealkylation sites (N-methyl/N-ethyl adjacent to an activating group) is 1. The lowest BCUT2D eigenvalue weighted by molar-refractivity contribution is -0.135. The minimum Gasteiger partial charge on any atom is -0.411 e. The fraction of sp³-hybridized carbons (Fsp3) is 0.333. The smallest absolute Gasteiger partial charge is 0.263 e. The van der Waals surface area contributed by atoms with E-state index < -0.39 is 11.5 Å². The number of para-hydroxylation sites is 1. The molecule has 17 heavy (non-hydrogen) atoms. The Morgan fingerprint density at radius 3 is 2.76 bits per heavy atom. The number of aliphatic hydroxyl groups is 1. The standard InChI is InChI=1S/C12H14N2O3/c1-8(13-17)7-12(16)9-5-3-4-6-10(9)14(2)11(12)15/h3-6,16-17H,7H2,1-2H3/t12-/m1/s1. The van der Waals surface area contributed by atoms with Crippen LogP contribution < -0.4 is 4.90 Å². The third-order valence-corrected chi connectivity index (χ3v) is 3.05. The van der Waals surface area contributed by atoms with Crippen LogP contribution in [0.1, 0.15) is 18.9 Å². The first kappa shape index (κ1) is 11.6. The summed E-state index contributed by atoms with van der Waals surface area (Å²) in [6.07, 6.45) is -0.0102. The quantitative estimate of drug-likeness (QED) is 0.457. The van der Waals surface area contributed by atoms with Crippen molar-refractivity contribution in [2.24, 2.45) is 5.16 Å². The molecule has 1 aromatic carbocycles. The highest BCUT2D eigenvalue weighted by Crippen LogP contribution is 2.41. The first-order chi connectivity index (χ1) is 8.00. The summed E-state index contributed by atoms with van der Waals surface area (Å²) >= 11 is 0. The van der Waals surface area contributed by atoms with Crippen molar-refractivity contribution in [2.45, 2.75) is 18.9 Å². The van der Waals surface area contributed by atoms with E-state index in [2.05, 4.69) is 5.16 Å². The van der Waals surface area contributed by atoms with Crippen LogP contribution in [-0.4, -0.2) is 29.0 Å². The Balaban J connectivity index is 2.52. The SMILES string of the molecule is CC(C[C@]1(O)C(=O)N(C)c2ccccc21)=NO. The molecule has 2 N–H and O–H groups in total. The summed E-state index contributed by atoms with van der Waals surface area (Å²) in [6, 6.07) is 7.06. The van der Waals surface area contributed by atoms with Crippen molar-refractivity contribution in [3.8, 4) is 0 Å². The largest absolute Gasteiger partial charge is 0.411 e. The Bertz CT molecular complexity index is 498. The second-order valence-corrected chi connectivity index (χ2v) is 4.25. The molecule has 0 aromatic heterocycles. The number of carbonyl (C=O) groups is 1. The number of hydrogen-bond donors (Lipinski definition) is 2. The van der Waals surface area contributed by atoms with Crippen molar-refractivity contribution in [3.05, 3.63) is 29.8 Å². The van der Waals surface area contributed by atoms with Crippen molar-refractivity contribution in [3.63, 3.8) is 0 Å². The Hall–Kier alpha value is -1.88. The van der Waals surface area contributed by atoms with Crippen LogP contribution in [-0.2, 0) is 10.4 Å². The predicted molar refractivity (Wildman–Crippen MR) is 63.3 cm³/mol. The van der Waals surface area contributed by atoms with Crippen LogP contribution in [0.25, 0.3) is 0 Å². The molecule has 0 aliphatic carbocycles. The third kappa shape index (κ3) is 1.59. The van der Waals surface area contributed by atoms with Crippen LogP contribution >= 0.6 is 0 Å². The van der Waals surface area contributed by atoms with Crippen molar-refractivity contribution in [1.82, 2.24) is 0 Å². The molecule has 1 heterocycles. The number of anilines is 1. The first-order valence-electron chi connectivity index (χ1n) is 5.28. The zero-order chi connectivity index (χ0) is 12.6. The van der Waals surface area contributed by atoms with E-state index in [0.717, 1.165) is 0 Å². The van der Waals surface area contributed by atoms with E-state index in [0.29, 0.717) is 17.0 Å². The summed E-state index contributed by atoms with van der Waals surface area (Å²) in [5.74, 6) is -0.401. The maximum Gasteiger partial charge on any atom is 0.263 e. The summed E-state index contributed by atoms with van der Waals surface area (Å²) in [6.45, 7) is 1.56. The van der Waals surface area contributed by atoms with E-state index in [1.807, 2.05) is 0 Å². The van der Waals surface area contributed by atoms with Gasteiger partial charge in [-0.25, -0.2) is 0 Å². The van der Waals surface area contributed by atoms with Gasteiger partial charge < -0.3 is 15.2 Å². The second kappa shape index (κ2) is 3.85. The van der Waals surface area contributed by atoms with Gasteiger partial charge in [-0.2, -0.15) is 0 Å². The molecule has 1 aliphatic rings. The fourth-order valence-electron chi connectivity index (χ4n) is 2.19. The lowest BCUT2D eigenvalue weighted by atomic mass is 9.90. The lowest BCUT2D eigenvalue weighted by Crippen LogP contribution is -2.39. The van der Waals surface area contributed by atoms with Crippen molar-refractivity contribution < 1.29 is 15.1 Å². The maximum absolute atomic E-state index is 12.1. The molecule has 1 amide bonds. The molecule has 0 radical (unpaired) electrons. The van der Waals surface area contributed by atoms with Gasteiger partial charge in [-0.3, -0.25) is 4.79 Å². The zero-order valence-electron chi connectivity index (χ0n) is 9.71. The Morgan fingerprint density at radius 2 is 2.12 bits per heavy atom. The number of carbonyl (C=O) groups excluding carboxylic acids is 1. The van der Waals surface area contributed by atoms with Crippen LogP contribution in [0.2, 0.25) is 0 Å². The van der Waals surface area contributed by atoms with Crippen LogP contribution in [0.15, 0.2) is 29.4 Å². The van der Waals surface area contributed by atoms with Gasteiger partial charge >= 0.3 is 0 Å². The molecule has 0 saturated carbocycles. The van der Waals surface area contributed by atoms with Crippen LogP contribution in [0.3, 0.4) is 0 Å². The lowest BCUT2D eigenvalue weighted by Gasteiger charge is -2.21. The van der Waals surface area contributed by atoms with Crippen LogP contribution in [0.5, 0.6) is 0 Å². The van der Waals surface area contributed by atoms with Gasteiger partial charge in [0, 0.05) is 19.0 Å². The average Bonchev–Trinajstić information content (AvgIpc) is 2.53. The van der Waals surface area contributed by atoms with E-state index in [4.69, 9.17) is 5.21 Å². The molecule has 1 aliphatic heterocycles. The Kier molecular flexibility index (Phi) is 2.63. The molecule has 0 unspecified atom stereocenters. The molecule has 5 nitrogen and oxygen atoms in total. The van der Waals surface area contributed by atoms with E-state index >= 15 is 0 Å². The number of nitrogens with zero attached hydrogens (tertiary/aromatic N) is 2. The van der Waals surface area contributed by atoms with Crippen molar-refractivity contribution >= 4 is 17.3 Å². The number of rotatable bonds is 2. The van der Waals surface area contributed by atoms with Gasteiger partial charge in [0.05, 0.1) is 11.4 Å². The Labute approximate surface area is 99.0 Å². The molecule has 0 spiro atoms. The van der Waals surface area contributed by atoms with Crippen LogP contribution in [0.4, 0.5) is 5.69 Å². The molecule has 5 heteroatoms. The predicted octanol–water partition coefficient (Wildman–Crippen LogP) is 1.09. The van der Waals surface area contributed by atoms with E-state index in [9.17, 15) is 9.90 Å². The summed E-state index contributed by atoms with van der Waals surface area (Å²) in [5.41, 5.74) is -0.0750. The van der Waals surface area contributed by atoms with Crippen molar-refractivity contribution in [2.75, 3.05) is 11.9 Å². The van der Waals surface area contributed by atoms with Gasteiger partial charge in [0.1, 0.15) is 0 Å². The van der Waals surface area contributed by atoms with Gasteiger partial charge in [-0.1, -0.05) is 23.4 Å². The summed E-state index contributed by atoms with van der Waals surface area (Å²) < 4.78 is 0. The molecular formula is C12H14N2O3. The molecule has 0 fully saturated rings. The highest BCUT2D eigenvalue weighted by molar-refractivity contribution is 6.08. The molecule has 90 valence electrons. The average molecular weight is 234 g/mol. The monoisotopic (exact) mass is 234 g/mol. The zero-order valence-corrected chi connectivity index (χ0v) is 9.71. The number of oxime groups is 1. The molecule has 1 atom stereocenters. The summed E-state index contributed by atoms with van der Waals surface area (Å²) in [5, 5.41) is 22.2. The normalized spacial score (nSPS) is 24.1. The number of hydrogen-bond acceptors (Lipinski definition) is 4. The second-order valence-electron chi connectivity index (χ2n) is 4.25. The molecule has 0 bridgehead atoms. The van der Waals surface area contributed by atoms with Crippen LogP contribution in [0, 0.1) is 0 Å². The fourth-order valence-corrected chi connectivity index (χ4v) is 2.19. The minimum absolute atomic E-state index is 0.0102. The number of amides is 1. The van der Waals surface area contributed by atoms with Gasteiger partial charge in [0.25, 0.3) is 5.91 Å². The Morgan fingerprint density at radius 1 is 1.47 bits per heavy atom. The molecule has 1 aromatic rings. The molecule has 0 saturated heterocycles. The maximum atomic E-state index is 12.1. The van der Waals surface area contributed by atoms with Crippen molar-refractivity contribution in [1.29, 1.82) is 0 Å². The third-order valence-electron chi connectivity index (χ3n) is 3.05. The topological polar surface area (TPSA) is 73.1 Å². The highest BCUT2D eigenvalue weighted by atomic mass is 16.4. The summed E-state index contributed by atoms with van der Waals surface area (Å²) in [7, 11) is 1.62.